The molecule has 0 bridgehead atoms. The Labute approximate surface area is 170 Å². The van der Waals surface area contributed by atoms with Crippen molar-refractivity contribution >= 4 is 27.7 Å². The van der Waals surface area contributed by atoms with Crippen LogP contribution in [0.1, 0.15) is 5.56 Å². The smallest absolute Gasteiger partial charge is 0.244 e. The number of piperazine rings is 1. The Bertz CT molecular complexity index is 881. The van der Waals surface area contributed by atoms with Gasteiger partial charge in [-0.25, -0.2) is 13.4 Å². The molecule has 0 saturated carbocycles. The molecule has 1 fully saturated rings. The van der Waals surface area contributed by atoms with Gasteiger partial charge in [0.15, 0.2) is 0 Å². The largest absolute Gasteiger partial charge is 0.358 e. The van der Waals surface area contributed by atoms with Gasteiger partial charge >= 0.3 is 0 Å². The minimum absolute atomic E-state index is 0.100. The van der Waals surface area contributed by atoms with Gasteiger partial charge in [0.2, 0.25) is 15.9 Å². The van der Waals surface area contributed by atoms with Crippen molar-refractivity contribution in [2.75, 3.05) is 39.0 Å². The van der Waals surface area contributed by atoms with Gasteiger partial charge in [-0.2, -0.15) is 4.31 Å². The van der Waals surface area contributed by atoms with Crippen LogP contribution in [0.3, 0.4) is 0 Å². The average molecular weight is 421 g/mol. The third kappa shape index (κ3) is 5.32. The van der Waals surface area contributed by atoms with Crippen molar-refractivity contribution in [2.24, 2.45) is 0 Å². The lowest BCUT2D eigenvalue weighted by Gasteiger charge is -2.33. The molecule has 1 aromatic heterocycles. The van der Waals surface area contributed by atoms with Crippen LogP contribution in [-0.2, 0) is 21.4 Å². The summed E-state index contributed by atoms with van der Waals surface area (Å²) in [5.74, 6) is 0.149. The van der Waals surface area contributed by atoms with Gasteiger partial charge in [-0.05, 0) is 17.7 Å². The average Bonchev–Trinajstić information content (AvgIpc) is 2.73. The number of amides is 1. The summed E-state index contributed by atoms with van der Waals surface area (Å²) in [6.07, 6.45) is 1.37. The molecule has 1 aliphatic rings. The van der Waals surface area contributed by atoms with Crippen LogP contribution in [0.2, 0.25) is 0 Å². The van der Waals surface area contributed by atoms with Gasteiger partial charge in [0.05, 0.1) is 10.8 Å². The molecular formula is C19H24N4O3S2. The topological polar surface area (TPSA) is 82.6 Å². The Morgan fingerprint density at radius 1 is 1.11 bits per heavy atom. The standard InChI is InChI=1S/C19H24N4O3S2/c1-20-18(24)15-27-19-8-7-17(13-21-19)28(25,26)23-11-9-22(10-12-23)14-16-5-3-2-4-6-16/h2-8,13H,9-12,14-15H2,1H3,(H,20,24). The molecule has 0 radical (unpaired) electrons. The lowest BCUT2D eigenvalue weighted by Crippen LogP contribution is -2.48. The lowest BCUT2D eigenvalue weighted by molar-refractivity contribution is -0.118. The van der Waals surface area contributed by atoms with E-state index in [2.05, 4.69) is 27.3 Å². The van der Waals surface area contributed by atoms with E-state index >= 15 is 0 Å². The van der Waals surface area contributed by atoms with Gasteiger partial charge in [-0.3, -0.25) is 9.69 Å². The highest BCUT2D eigenvalue weighted by Crippen LogP contribution is 2.21. The Morgan fingerprint density at radius 2 is 1.82 bits per heavy atom. The first-order valence-electron chi connectivity index (χ1n) is 9.05. The summed E-state index contributed by atoms with van der Waals surface area (Å²) in [6.45, 7) is 3.14. The minimum atomic E-state index is -3.56. The number of aromatic nitrogens is 1. The number of pyridine rings is 1. The van der Waals surface area contributed by atoms with Crippen LogP contribution >= 0.6 is 11.8 Å². The van der Waals surface area contributed by atoms with Crippen LogP contribution in [0, 0.1) is 0 Å². The van der Waals surface area contributed by atoms with Crippen molar-refractivity contribution in [1.29, 1.82) is 0 Å². The molecular weight excluding hydrogens is 396 g/mol. The first-order chi connectivity index (χ1) is 13.5. The van der Waals surface area contributed by atoms with Gasteiger partial charge in [-0.1, -0.05) is 42.1 Å². The lowest BCUT2D eigenvalue weighted by atomic mass is 10.2. The van der Waals surface area contributed by atoms with Crippen LogP contribution in [0.5, 0.6) is 0 Å². The molecule has 1 aromatic carbocycles. The number of nitrogens with one attached hydrogen (secondary N) is 1. The molecule has 3 rings (SSSR count). The van der Waals surface area contributed by atoms with Gasteiger partial charge in [0.25, 0.3) is 0 Å². The third-order valence-corrected chi connectivity index (χ3v) is 7.38. The maximum absolute atomic E-state index is 12.9. The fourth-order valence-electron chi connectivity index (χ4n) is 2.94. The number of benzene rings is 1. The van der Waals surface area contributed by atoms with Crippen molar-refractivity contribution in [3.63, 3.8) is 0 Å². The van der Waals surface area contributed by atoms with Gasteiger partial charge in [0.1, 0.15) is 4.90 Å². The highest BCUT2D eigenvalue weighted by Gasteiger charge is 2.28. The normalized spacial score (nSPS) is 16.0. The van der Waals surface area contributed by atoms with Gasteiger partial charge < -0.3 is 5.32 Å². The number of nitrogens with zero attached hydrogens (tertiary/aromatic N) is 3. The number of hydrogen-bond acceptors (Lipinski definition) is 6. The summed E-state index contributed by atoms with van der Waals surface area (Å²) < 4.78 is 27.3. The summed E-state index contributed by atoms with van der Waals surface area (Å²) in [7, 11) is -1.98. The molecule has 1 aliphatic heterocycles. The molecule has 9 heteroatoms. The predicted molar refractivity (Wildman–Crippen MR) is 110 cm³/mol. The fraction of sp³-hybridized carbons (Fsp3) is 0.368. The van der Waals surface area contributed by atoms with Crippen LogP contribution in [-0.4, -0.2) is 67.5 Å². The van der Waals surface area contributed by atoms with Gasteiger partial charge in [0, 0.05) is 46.0 Å². The van der Waals surface area contributed by atoms with E-state index in [1.807, 2.05) is 18.2 Å². The monoisotopic (exact) mass is 420 g/mol. The summed E-state index contributed by atoms with van der Waals surface area (Å²) in [6, 6.07) is 13.4. The van der Waals surface area contributed by atoms with Crippen molar-refractivity contribution in [1.82, 2.24) is 19.5 Å². The summed E-state index contributed by atoms with van der Waals surface area (Å²) >= 11 is 1.27. The number of thioether (sulfide) groups is 1. The maximum Gasteiger partial charge on any atom is 0.244 e. The second kappa shape index (κ2) is 9.51. The SMILES string of the molecule is CNC(=O)CSc1ccc(S(=O)(=O)N2CCN(Cc3ccccc3)CC2)cn1. The Hall–Kier alpha value is -1.94. The number of rotatable bonds is 7. The highest BCUT2D eigenvalue weighted by molar-refractivity contribution is 7.99. The van der Waals surface area contributed by atoms with Crippen molar-refractivity contribution in [3.05, 3.63) is 54.2 Å². The number of hydrogen-bond donors (Lipinski definition) is 1. The molecule has 1 amide bonds. The Morgan fingerprint density at radius 3 is 2.43 bits per heavy atom. The molecule has 7 nitrogen and oxygen atoms in total. The van der Waals surface area contributed by atoms with Crippen LogP contribution in [0.15, 0.2) is 58.6 Å². The maximum atomic E-state index is 12.9. The minimum Gasteiger partial charge on any atom is -0.358 e. The van der Waals surface area contributed by atoms with E-state index in [0.717, 1.165) is 6.54 Å². The number of sulfonamides is 1. The highest BCUT2D eigenvalue weighted by atomic mass is 32.2. The van der Waals surface area contributed by atoms with Gasteiger partial charge in [-0.15, -0.1) is 0 Å². The van der Waals surface area contributed by atoms with Crippen molar-refractivity contribution in [2.45, 2.75) is 16.5 Å². The zero-order valence-electron chi connectivity index (χ0n) is 15.7. The molecule has 2 heterocycles. The molecule has 150 valence electrons. The summed E-state index contributed by atoms with van der Waals surface area (Å²) in [5, 5.41) is 3.16. The molecule has 0 spiro atoms. The quantitative estimate of drug-likeness (QED) is 0.683. The van der Waals surface area contributed by atoms with E-state index < -0.39 is 10.0 Å². The third-order valence-electron chi connectivity index (χ3n) is 4.56. The first kappa shape index (κ1) is 20.8. The second-order valence-corrected chi connectivity index (χ2v) is 9.39. The molecule has 0 atom stereocenters. The second-order valence-electron chi connectivity index (χ2n) is 6.46. The summed E-state index contributed by atoms with van der Waals surface area (Å²) in [5.41, 5.74) is 1.23. The Kier molecular flexibility index (Phi) is 7.06. The fourth-order valence-corrected chi connectivity index (χ4v) is 5.02. The zero-order valence-corrected chi connectivity index (χ0v) is 17.4. The van der Waals surface area contributed by atoms with Crippen LogP contribution < -0.4 is 5.32 Å². The molecule has 28 heavy (non-hydrogen) atoms. The van der Waals surface area contributed by atoms with Crippen LogP contribution in [0.25, 0.3) is 0 Å². The van der Waals surface area contributed by atoms with E-state index in [9.17, 15) is 13.2 Å². The Balaban J connectivity index is 1.57. The molecule has 1 saturated heterocycles. The van der Waals surface area contributed by atoms with E-state index in [-0.39, 0.29) is 16.6 Å². The predicted octanol–water partition coefficient (Wildman–Crippen LogP) is 1.43. The summed E-state index contributed by atoms with van der Waals surface area (Å²) in [4.78, 5) is 17.9. The van der Waals surface area contributed by atoms with E-state index in [0.29, 0.717) is 31.2 Å². The van der Waals surface area contributed by atoms with Crippen LogP contribution in [0.4, 0.5) is 0 Å². The first-order valence-corrected chi connectivity index (χ1v) is 11.5. The zero-order chi connectivity index (χ0) is 20.0. The van der Waals surface area contributed by atoms with Crippen molar-refractivity contribution < 1.29 is 13.2 Å². The van der Waals surface area contributed by atoms with E-state index in [4.69, 9.17) is 0 Å². The molecule has 1 N–H and O–H groups in total. The van der Waals surface area contributed by atoms with E-state index in [1.165, 1.54) is 27.8 Å². The number of carbonyl (C=O) groups is 1. The molecule has 0 unspecified atom stereocenters. The molecule has 2 aromatic rings. The molecule has 0 aliphatic carbocycles. The number of carbonyl (C=O) groups excluding carboxylic acids is 1. The van der Waals surface area contributed by atoms with Crippen molar-refractivity contribution in [3.8, 4) is 0 Å². The van der Waals surface area contributed by atoms with E-state index in [1.54, 1.807) is 19.2 Å².